The number of nitrogens with zero attached hydrogens (tertiary/aromatic N) is 1. The van der Waals surface area contributed by atoms with Crippen molar-refractivity contribution in [2.24, 2.45) is 5.92 Å². The highest BCUT2D eigenvalue weighted by molar-refractivity contribution is 7.92. The minimum absolute atomic E-state index is 0.0418. The molecule has 1 atom stereocenters. The second kappa shape index (κ2) is 8.05. The van der Waals surface area contributed by atoms with Crippen LogP contribution in [0.2, 0.25) is 0 Å². The molecule has 1 aliphatic carbocycles. The first-order chi connectivity index (χ1) is 12.4. The minimum atomic E-state index is -3.64. The van der Waals surface area contributed by atoms with Gasteiger partial charge in [-0.2, -0.15) is 0 Å². The molecule has 1 amide bonds. The molecule has 7 heteroatoms. The van der Waals surface area contributed by atoms with Gasteiger partial charge in [-0.05, 0) is 69.3 Å². The summed E-state index contributed by atoms with van der Waals surface area (Å²) < 4.78 is 38.1. The Bertz CT molecular complexity index is 724. The van der Waals surface area contributed by atoms with Gasteiger partial charge in [0.05, 0.1) is 10.1 Å². The van der Waals surface area contributed by atoms with E-state index in [1.807, 2.05) is 0 Å². The van der Waals surface area contributed by atoms with Crippen LogP contribution in [0.25, 0.3) is 0 Å². The van der Waals surface area contributed by atoms with Crippen LogP contribution in [0.3, 0.4) is 0 Å². The second-order valence-electron chi connectivity index (χ2n) is 7.52. The number of sulfone groups is 1. The Hall–Kier alpha value is -1.47. The monoisotopic (exact) mass is 382 g/mol. The lowest BCUT2D eigenvalue weighted by Gasteiger charge is -2.33. The Kier molecular flexibility index (Phi) is 5.97. The van der Waals surface area contributed by atoms with Gasteiger partial charge >= 0.3 is 0 Å². The van der Waals surface area contributed by atoms with Gasteiger partial charge in [-0.3, -0.25) is 4.79 Å². The number of benzene rings is 1. The molecule has 0 bridgehead atoms. The van der Waals surface area contributed by atoms with Gasteiger partial charge < -0.3 is 10.2 Å². The van der Waals surface area contributed by atoms with Crippen LogP contribution in [0.15, 0.2) is 29.2 Å². The minimum Gasteiger partial charge on any atom is -0.343 e. The van der Waals surface area contributed by atoms with E-state index in [-0.39, 0.29) is 17.2 Å². The molecule has 1 aromatic rings. The van der Waals surface area contributed by atoms with Crippen molar-refractivity contribution in [3.63, 3.8) is 0 Å². The zero-order valence-corrected chi connectivity index (χ0v) is 16.0. The van der Waals surface area contributed by atoms with Crippen LogP contribution in [0, 0.1) is 11.7 Å². The molecule has 0 radical (unpaired) electrons. The average Bonchev–Trinajstić information content (AvgIpc) is 3.45. The number of nitrogens with one attached hydrogen (secondary N) is 1. The molecular formula is C19H27FN2O3S. The molecule has 1 heterocycles. The average molecular weight is 383 g/mol. The first-order valence-corrected chi connectivity index (χ1v) is 10.9. The topological polar surface area (TPSA) is 66.5 Å². The van der Waals surface area contributed by atoms with Crippen molar-refractivity contribution < 1.29 is 17.6 Å². The summed E-state index contributed by atoms with van der Waals surface area (Å²) in [5.74, 6) is 0.238. The number of halogens is 1. The molecule has 0 aromatic heterocycles. The zero-order chi connectivity index (χ0) is 18.7. The van der Waals surface area contributed by atoms with E-state index >= 15 is 0 Å². The summed E-state index contributed by atoms with van der Waals surface area (Å²) in [5, 5.41) is 2.74. The van der Waals surface area contributed by atoms with E-state index in [4.69, 9.17) is 0 Å². The number of likely N-dealkylation sites (tertiary alicyclic amines) is 1. The lowest BCUT2D eigenvalue weighted by atomic mass is 10.0. The normalized spacial score (nSPS) is 20.2. The maximum absolute atomic E-state index is 13.0. The molecule has 0 spiro atoms. The Morgan fingerprint density at radius 1 is 1.19 bits per heavy atom. The van der Waals surface area contributed by atoms with Crippen LogP contribution in [0.5, 0.6) is 0 Å². The van der Waals surface area contributed by atoms with Crippen LogP contribution >= 0.6 is 0 Å². The maximum atomic E-state index is 13.0. The maximum Gasteiger partial charge on any atom is 0.223 e. The first kappa shape index (κ1) is 19.3. The van der Waals surface area contributed by atoms with Crippen LogP contribution in [0.4, 0.5) is 4.39 Å². The second-order valence-corrected chi connectivity index (χ2v) is 9.89. The number of carbonyl (C=O) groups excluding carboxylic acids is 1. The van der Waals surface area contributed by atoms with E-state index in [9.17, 15) is 17.6 Å². The van der Waals surface area contributed by atoms with Gasteiger partial charge in [0, 0.05) is 25.6 Å². The third kappa shape index (κ3) is 4.82. The fourth-order valence-electron chi connectivity index (χ4n) is 3.33. The first-order valence-electron chi connectivity index (χ1n) is 9.37. The Morgan fingerprint density at radius 3 is 2.38 bits per heavy atom. The molecule has 1 saturated heterocycles. The van der Waals surface area contributed by atoms with Gasteiger partial charge in [-0.1, -0.05) is 0 Å². The van der Waals surface area contributed by atoms with Gasteiger partial charge in [0.15, 0.2) is 9.84 Å². The number of hydrogen-bond acceptors (Lipinski definition) is 4. The van der Waals surface area contributed by atoms with E-state index in [0.717, 1.165) is 37.4 Å². The fourth-order valence-corrected chi connectivity index (χ4v) is 4.67. The number of piperidine rings is 1. The highest BCUT2D eigenvalue weighted by Crippen LogP contribution is 2.28. The van der Waals surface area contributed by atoms with Crippen molar-refractivity contribution in [1.29, 1.82) is 0 Å². The molecule has 2 aliphatic rings. The van der Waals surface area contributed by atoms with Crippen molar-refractivity contribution in [3.05, 3.63) is 30.1 Å². The number of carbonyl (C=O) groups is 1. The smallest absolute Gasteiger partial charge is 0.223 e. The number of amides is 1. The Morgan fingerprint density at radius 2 is 1.81 bits per heavy atom. The van der Waals surface area contributed by atoms with E-state index in [1.165, 1.54) is 25.0 Å². The quantitative estimate of drug-likeness (QED) is 0.736. The zero-order valence-electron chi connectivity index (χ0n) is 15.2. The third-order valence-electron chi connectivity index (χ3n) is 5.37. The van der Waals surface area contributed by atoms with Crippen molar-refractivity contribution in [3.8, 4) is 0 Å². The molecule has 2 fully saturated rings. The predicted molar refractivity (Wildman–Crippen MR) is 98.0 cm³/mol. The van der Waals surface area contributed by atoms with E-state index in [2.05, 4.69) is 5.32 Å². The summed E-state index contributed by atoms with van der Waals surface area (Å²) >= 11 is 0. The summed E-state index contributed by atoms with van der Waals surface area (Å²) in [6.45, 7) is 3.96. The summed E-state index contributed by atoms with van der Waals surface area (Å²) in [5.41, 5.74) is 0. The highest BCUT2D eigenvalue weighted by atomic mass is 32.2. The molecule has 144 valence electrons. The largest absolute Gasteiger partial charge is 0.343 e. The highest BCUT2D eigenvalue weighted by Gasteiger charge is 2.30. The summed E-state index contributed by atoms with van der Waals surface area (Å²) in [6.07, 6.45) is 4.44. The molecule has 1 saturated carbocycles. The number of hydrogen-bond donors (Lipinski definition) is 1. The molecule has 3 rings (SSSR count). The summed E-state index contributed by atoms with van der Waals surface area (Å²) in [7, 11) is -3.64. The van der Waals surface area contributed by atoms with Gasteiger partial charge in [-0.15, -0.1) is 0 Å². The molecule has 1 aromatic carbocycles. The van der Waals surface area contributed by atoms with Crippen LogP contribution in [-0.2, 0) is 14.6 Å². The Labute approximate surface area is 154 Å². The molecule has 5 nitrogen and oxygen atoms in total. The van der Waals surface area contributed by atoms with Crippen molar-refractivity contribution in [2.45, 2.75) is 55.2 Å². The standard InChI is InChI=1S/C19H27FN2O3S/c1-14(26(24,25)18-6-4-16(20)5-7-18)12-19(23)22-10-8-17(9-11-22)21-13-15-2-3-15/h4-7,14-15,17,21H,2-3,8-13H2,1H3. The summed E-state index contributed by atoms with van der Waals surface area (Å²) in [4.78, 5) is 14.3. The van der Waals surface area contributed by atoms with E-state index < -0.39 is 20.9 Å². The lowest BCUT2D eigenvalue weighted by Crippen LogP contribution is -2.46. The molecule has 1 aliphatic heterocycles. The SMILES string of the molecule is CC(CC(=O)N1CCC(NCC2CC2)CC1)S(=O)(=O)c1ccc(F)cc1. The molecule has 1 unspecified atom stereocenters. The van der Waals surface area contributed by atoms with Crippen molar-refractivity contribution >= 4 is 15.7 Å². The predicted octanol–water partition coefficient (Wildman–Crippen LogP) is 2.37. The van der Waals surface area contributed by atoms with Crippen molar-refractivity contribution in [2.75, 3.05) is 19.6 Å². The van der Waals surface area contributed by atoms with Crippen LogP contribution < -0.4 is 5.32 Å². The van der Waals surface area contributed by atoms with E-state index in [0.29, 0.717) is 19.1 Å². The van der Waals surface area contributed by atoms with Gasteiger partial charge in [0.25, 0.3) is 0 Å². The van der Waals surface area contributed by atoms with Crippen LogP contribution in [-0.4, -0.2) is 50.2 Å². The summed E-state index contributed by atoms with van der Waals surface area (Å²) in [6, 6.07) is 5.22. The van der Waals surface area contributed by atoms with Crippen LogP contribution in [0.1, 0.15) is 39.0 Å². The van der Waals surface area contributed by atoms with Gasteiger partial charge in [0.2, 0.25) is 5.91 Å². The lowest BCUT2D eigenvalue weighted by molar-refractivity contribution is -0.132. The third-order valence-corrected chi connectivity index (χ3v) is 7.53. The molecule has 26 heavy (non-hydrogen) atoms. The van der Waals surface area contributed by atoms with E-state index in [1.54, 1.807) is 11.8 Å². The Balaban J connectivity index is 1.50. The molecular weight excluding hydrogens is 355 g/mol. The molecule has 1 N–H and O–H groups in total. The number of rotatable bonds is 7. The van der Waals surface area contributed by atoms with Gasteiger partial charge in [0.1, 0.15) is 5.82 Å². The van der Waals surface area contributed by atoms with Crippen molar-refractivity contribution in [1.82, 2.24) is 10.2 Å². The fraction of sp³-hybridized carbons (Fsp3) is 0.632. The van der Waals surface area contributed by atoms with Gasteiger partial charge in [-0.25, -0.2) is 12.8 Å².